The summed E-state index contributed by atoms with van der Waals surface area (Å²) in [4.78, 5) is 3.88. The molecule has 0 fully saturated rings. The Hall–Kier alpha value is -1.04. The summed E-state index contributed by atoms with van der Waals surface area (Å²) in [5.74, 6) is 0.670. The van der Waals surface area contributed by atoms with Crippen molar-refractivity contribution >= 4 is 5.90 Å². The fourth-order valence-corrected chi connectivity index (χ4v) is 0.550. The largest absolute Gasteiger partial charge is 0.481 e. The van der Waals surface area contributed by atoms with Gasteiger partial charge in [-0.25, -0.2) is 4.99 Å². The average Bonchev–Trinajstić information content (AvgIpc) is 1.98. The van der Waals surface area contributed by atoms with Crippen LogP contribution in [-0.2, 0) is 4.74 Å². The monoisotopic (exact) mass is 140 g/mol. The van der Waals surface area contributed by atoms with Gasteiger partial charge in [-0.1, -0.05) is 6.92 Å². The summed E-state index contributed by atoms with van der Waals surface area (Å²) in [6.07, 6.45) is 0.759. The summed E-state index contributed by atoms with van der Waals surface area (Å²) in [5.41, 5.74) is 0. The first kappa shape index (κ1) is 8.96. The van der Waals surface area contributed by atoms with Crippen LogP contribution in [0.1, 0.15) is 20.3 Å². The van der Waals surface area contributed by atoms with E-state index >= 15 is 0 Å². The third-order valence-electron chi connectivity index (χ3n) is 0.940. The lowest BCUT2D eigenvalue weighted by Crippen LogP contribution is -2.03. The maximum atomic E-state index is 8.17. The Morgan fingerprint density at radius 3 is 2.70 bits per heavy atom. The standard InChI is InChI=1S/C7H12N2O/c1-3-7(10-4-2)9-6-5-8/h3-4,6H2,1-2H3. The first-order valence-electron chi connectivity index (χ1n) is 3.38. The molecule has 0 aromatic heterocycles. The second-order valence-corrected chi connectivity index (χ2v) is 1.65. The molecule has 0 spiro atoms. The van der Waals surface area contributed by atoms with Gasteiger partial charge in [-0.3, -0.25) is 0 Å². The molecule has 0 N–H and O–H groups in total. The predicted octanol–water partition coefficient (Wildman–Crippen LogP) is 1.35. The van der Waals surface area contributed by atoms with Crippen LogP contribution in [0.3, 0.4) is 0 Å². The first-order chi connectivity index (χ1) is 4.85. The number of nitriles is 1. The van der Waals surface area contributed by atoms with Crippen LogP contribution in [0.5, 0.6) is 0 Å². The molecule has 0 atom stereocenters. The van der Waals surface area contributed by atoms with Gasteiger partial charge in [-0.2, -0.15) is 5.26 Å². The molecule has 10 heavy (non-hydrogen) atoms. The van der Waals surface area contributed by atoms with Crippen molar-refractivity contribution < 1.29 is 4.74 Å². The van der Waals surface area contributed by atoms with E-state index in [1.807, 2.05) is 19.9 Å². The van der Waals surface area contributed by atoms with Crippen molar-refractivity contribution in [1.82, 2.24) is 0 Å². The lowest BCUT2D eigenvalue weighted by atomic mass is 10.5. The molecule has 0 aliphatic heterocycles. The normalized spacial score (nSPS) is 10.7. The second-order valence-electron chi connectivity index (χ2n) is 1.65. The van der Waals surface area contributed by atoms with E-state index in [0.29, 0.717) is 12.5 Å². The molecule has 0 amide bonds. The first-order valence-corrected chi connectivity index (χ1v) is 3.38. The van der Waals surface area contributed by atoms with Crippen molar-refractivity contribution in [2.75, 3.05) is 13.2 Å². The highest BCUT2D eigenvalue weighted by molar-refractivity contribution is 5.75. The molecule has 0 bridgehead atoms. The quantitative estimate of drug-likeness (QED) is 0.337. The van der Waals surface area contributed by atoms with Crippen LogP contribution in [0.2, 0.25) is 0 Å². The van der Waals surface area contributed by atoms with Crippen molar-refractivity contribution in [3.63, 3.8) is 0 Å². The summed E-state index contributed by atoms with van der Waals surface area (Å²) >= 11 is 0. The SMILES string of the molecule is CCOC(CC)=NCC#N. The minimum Gasteiger partial charge on any atom is -0.481 e. The maximum Gasteiger partial charge on any atom is 0.183 e. The van der Waals surface area contributed by atoms with E-state index in [4.69, 9.17) is 10.00 Å². The molecule has 0 rings (SSSR count). The number of hydrogen-bond acceptors (Lipinski definition) is 3. The van der Waals surface area contributed by atoms with Gasteiger partial charge >= 0.3 is 0 Å². The van der Waals surface area contributed by atoms with Crippen LogP contribution in [0.15, 0.2) is 4.99 Å². The average molecular weight is 140 g/mol. The molecule has 56 valence electrons. The molecule has 0 saturated carbocycles. The number of ether oxygens (including phenoxy) is 1. The van der Waals surface area contributed by atoms with Crippen molar-refractivity contribution in [3.8, 4) is 6.07 Å². The Kier molecular flexibility index (Phi) is 5.45. The second kappa shape index (κ2) is 6.09. The van der Waals surface area contributed by atoms with Crippen LogP contribution in [-0.4, -0.2) is 19.0 Å². The summed E-state index contributed by atoms with van der Waals surface area (Å²) < 4.78 is 5.09. The Morgan fingerprint density at radius 1 is 1.60 bits per heavy atom. The van der Waals surface area contributed by atoms with Gasteiger partial charge in [0, 0.05) is 6.42 Å². The van der Waals surface area contributed by atoms with Gasteiger partial charge in [-0.15, -0.1) is 0 Å². The van der Waals surface area contributed by atoms with Crippen molar-refractivity contribution in [2.24, 2.45) is 4.99 Å². The number of nitrogens with zero attached hydrogens (tertiary/aromatic N) is 2. The van der Waals surface area contributed by atoms with E-state index in [1.165, 1.54) is 0 Å². The Bertz CT molecular complexity index is 146. The van der Waals surface area contributed by atoms with E-state index in [2.05, 4.69) is 4.99 Å². The summed E-state index contributed by atoms with van der Waals surface area (Å²) in [7, 11) is 0. The highest BCUT2D eigenvalue weighted by Gasteiger charge is 1.91. The van der Waals surface area contributed by atoms with Gasteiger partial charge in [0.15, 0.2) is 5.90 Å². The zero-order valence-electron chi connectivity index (χ0n) is 6.42. The minimum atomic E-state index is 0.198. The zero-order chi connectivity index (χ0) is 7.82. The predicted molar refractivity (Wildman–Crippen MR) is 39.8 cm³/mol. The fourth-order valence-electron chi connectivity index (χ4n) is 0.550. The lowest BCUT2D eigenvalue weighted by molar-refractivity contribution is 0.318. The summed E-state index contributed by atoms with van der Waals surface area (Å²) in [6, 6.07) is 1.92. The number of hydrogen-bond donors (Lipinski definition) is 0. The Labute approximate surface area is 61.3 Å². The van der Waals surface area contributed by atoms with Crippen LogP contribution < -0.4 is 0 Å². The molecule has 0 aromatic rings. The third-order valence-corrected chi connectivity index (χ3v) is 0.940. The zero-order valence-corrected chi connectivity index (χ0v) is 6.42. The molecule has 3 nitrogen and oxygen atoms in total. The Morgan fingerprint density at radius 2 is 2.30 bits per heavy atom. The molecule has 0 aliphatic rings. The topological polar surface area (TPSA) is 45.4 Å². The van der Waals surface area contributed by atoms with Gasteiger partial charge in [-0.05, 0) is 6.92 Å². The summed E-state index contributed by atoms with van der Waals surface area (Å²) in [5, 5.41) is 8.17. The fraction of sp³-hybridized carbons (Fsp3) is 0.714. The highest BCUT2D eigenvalue weighted by atomic mass is 16.5. The van der Waals surface area contributed by atoms with Crippen LogP contribution in [0.4, 0.5) is 0 Å². The molecule has 0 aliphatic carbocycles. The van der Waals surface area contributed by atoms with Gasteiger partial charge in [0.2, 0.25) is 0 Å². The van der Waals surface area contributed by atoms with Crippen molar-refractivity contribution in [3.05, 3.63) is 0 Å². The minimum absolute atomic E-state index is 0.198. The van der Waals surface area contributed by atoms with E-state index in [0.717, 1.165) is 6.42 Å². The van der Waals surface area contributed by atoms with Crippen molar-refractivity contribution in [2.45, 2.75) is 20.3 Å². The van der Waals surface area contributed by atoms with Gasteiger partial charge in [0.05, 0.1) is 12.7 Å². The molecule has 3 heteroatoms. The molecule has 0 unspecified atom stereocenters. The number of rotatable bonds is 3. The summed E-state index contributed by atoms with van der Waals surface area (Å²) in [6.45, 7) is 4.67. The Balaban J connectivity index is 3.69. The smallest absolute Gasteiger partial charge is 0.183 e. The van der Waals surface area contributed by atoms with Gasteiger partial charge < -0.3 is 4.74 Å². The van der Waals surface area contributed by atoms with Crippen LogP contribution in [0, 0.1) is 11.3 Å². The van der Waals surface area contributed by atoms with Gasteiger partial charge in [0.1, 0.15) is 6.54 Å². The molecule has 0 aromatic carbocycles. The third kappa shape index (κ3) is 3.90. The van der Waals surface area contributed by atoms with E-state index in [9.17, 15) is 0 Å². The molecule has 0 radical (unpaired) electrons. The van der Waals surface area contributed by atoms with E-state index in [-0.39, 0.29) is 6.54 Å². The van der Waals surface area contributed by atoms with Crippen LogP contribution >= 0.6 is 0 Å². The van der Waals surface area contributed by atoms with Crippen LogP contribution in [0.25, 0.3) is 0 Å². The van der Waals surface area contributed by atoms with Crippen molar-refractivity contribution in [1.29, 1.82) is 5.26 Å². The van der Waals surface area contributed by atoms with E-state index in [1.54, 1.807) is 0 Å². The number of aliphatic imine (C=N–C) groups is 1. The lowest BCUT2D eigenvalue weighted by Gasteiger charge is -2.01. The maximum absolute atomic E-state index is 8.17. The molecular weight excluding hydrogens is 128 g/mol. The van der Waals surface area contributed by atoms with Gasteiger partial charge in [0.25, 0.3) is 0 Å². The molecule has 0 heterocycles. The molecular formula is C7H12N2O. The highest BCUT2D eigenvalue weighted by Crippen LogP contribution is 1.88. The molecule has 0 saturated heterocycles. The van der Waals surface area contributed by atoms with E-state index < -0.39 is 0 Å².